The molecule has 7 rings (SSSR count). The molecule has 20 nitrogen and oxygen atoms in total. The molecule has 53 heavy (non-hydrogen) atoms. The summed E-state index contributed by atoms with van der Waals surface area (Å²) in [6.45, 7) is 2.19. The van der Waals surface area contributed by atoms with Crippen LogP contribution in [0.1, 0.15) is 43.1 Å². The molecule has 0 bridgehead atoms. The summed E-state index contributed by atoms with van der Waals surface area (Å²) in [5.41, 5.74) is 0.122. The van der Waals surface area contributed by atoms with Crippen LogP contribution in [0.2, 0.25) is 0 Å². The third-order valence-electron chi connectivity index (χ3n) is 8.62. The largest absolute Gasteiger partial charge is 0.394 e. The lowest BCUT2D eigenvalue weighted by atomic mass is 10.1. The Kier molecular flexibility index (Phi) is 10.5. The lowest BCUT2D eigenvalue weighted by Gasteiger charge is -2.24. The zero-order chi connectivity index (χ0) is 37.4. The van der Waals surface area contributed by atoms with Gasteiger partial charge in [0.25, 0.3) is 11.5 Å². The van der Waals surface area contributed by atoms with Gasteiger partial charge in [0, 0.05) is 17.9 Å². The van der Waals surface area contributed by atoms with Crippen molar-refractivity contribution < 1.29 is 47.6 Å². The minimum Gasteiger partial charge on any atom is -0.394 e. The van der Waals surface area contributed by atoms with E-state index in [1.807, 2.05) is 0 Å². The minimum atomic E-state index is -2.83. The summed E-state index contributed by atoms with van der Waals surface area (Å²) in [5.74, 6) is -1.23. The Balaban J connectivity index is 1.02. The van der Waals surface area contributed by atoms with E-state index in [2.05, 4.69) is 40.5 Å². The normalized spacial score (nSPS) is 25.0. The van der Waals surface area contributed by atoms with Crippen molar-refractivity contribution in [1.29, 1.82) is 0 Å². The number of carbonyl (C=O) groups excluding carboxylic acids is 2. The van der Waals surface area contributed by atoms with Gasteiger partial charge in [-0.05, 0) is 12.1 Å². The Labute approximate surface area is 299 Å². The van der Waals surface area contributed by atoms with E-state index in [4.69, 9.17) is 18.5 Å². The average Bonchev–Trinajstić information content (AvgIpc) is 3.93. The maximum absolute atomic E-state index is 15.5. The Bertz CT molecular complexity index is 2170. The molecule has 2 saturated heterocycles. The molecule has 4 aromatic heterocycles. The molecular formula is C31H34FN10O10P. The molecular weight excluding hydrogens is 722 g/mol. The number of aliphatic hydroxyl groups is 2. The lowest BCUT2D eigenvalue weighted by Crippen LogP contribution is -2.32. The highest BCUT2D eigenvalue weighted by molar-refractivity contribution is 7.40. The molecule has 2 fully saturated rings. The Morgan fingerprint density at radius 2 is 1.81 bits per heavy atom. The first-order valence-corrected chi connectivity index (χ1v) is 17.5. The Hall–Kier alpha value is -4.86. The van der Waals surface area contributed by atoms with Crippen molar-refractivity contribution in [3.63, 3.8) is 0 Å². The molecule has 6 heterocycles. The van der Waals surface area contributed by atoms with Gasteiger partial charge in [-0.15, -0.1) is 0 Å². The number of aromatic nitrogens is 8. The maximum Gasteiger partial charge on any atom is 0.330 e. The summed E-state index contributed by atoms with van der Waals surface area (Å²) in [4.78, 5) is 71.9. The first-order valence-electron chi connectivity index (χ1n) is 16.4. The quantitative estimate of drug-likeness (QED) is 0.0981. The SMILES string of the molecule is CC(C)C(=O)Nc1nc2c(ncn2[C@@H]2O[C@H](CO)[C@@H](F)[C@H]2OP(O)OC[C@H]2O[C@@H](n3cnc4c(NC(=O)c5ccccc5)ncnc43)C[C@@H]2O)c(=O)[nH]1. The highest BCUT2D eigenvalue weighted by Crippen LogP contribution is 2.45. The van der Waals surface area contributed by atoms with Gasteiger partial charge in [0.2, 0.25) is 11.9 Å². The molecule has 0 spiro atoms. The summed E-state index contributed by atoms with van der Waals surface area (Å²) in [5, 5.41) is 25.8. The number of H-pyrrole nitrogens is 1. The van der Waals surface area contributed by atoms with Crippen molar-refractivity contribution in [2.24, 2.45) is 5.92 Å². The number of carbonyl (C=O) groups is 2. The number of nitrogens with one attached hydrogen (secondary N) is 3. The zero-order valence-corrected chi connectivity index (χ0v) is 28.9. The van der Waals surface area contributed by atoms with Crippen molar-refractivity contribution in [2.45, 2.75) is 63.3 Å². The van der Waals surface area contributed by atoms with Crippen molar-refractivity contribution >= 4 is 54.5 Å². The van der Waals surface area contributed by atoms with Gasteiger partial charge in [0.05, 0.1) is 32.0 Å². The molecule has 22 heteroatoms. The Morgan fingerprint density at radius 3 is 2.57 bits per heavy atom. The second kappa shape index (κ2) is 15.2. The second-order valence-corrected chi connectivity index (χ2v) is 13.4. The highest BCUT2D eigenvalue weighted by Gasteiger charge is 2.49. The lowest BCUT2D eigenvalue weighted by molar-refractivity contribution is -0.118. The molecule has 8 atom stereocenters. The van der Waals surface area contributed by atoms with E-state index in [-0.39, 0.29) is 41.9 Å². The number of halogens is 1. The van der Waals surface area contributed by atoms with Crippen LogP contribution in [0.25, 0.3) is 22.3 Å². The first-order chi connectivity index (χ1) is 25.5. The summed E-state index contributed by atoms with van der Waals surface area (Å²) in [7, 11) is -2.83. The van der Waals surface area contributed by atoms with Crippen LogP contribution in [0.3, 0.4) is 0 Å². The number of hydrogen-bond acceptors (Lipinski definition) is 15. The molecule has 0 saturated carbocycles. The monoisotopic (exact) mass is 756 g/mol. The van der Waals surface area contributed by atoms with Gasteiger partial charge in [0.15, 0.2) is 40.5 Å². The second-order valence-electron chi connectivity index (χ2n) is 12.5. The van der Waals surface area contributed by atoms with E-state index < -0.39 is 75.6 Å². The minimum absolute atomic E-state index is 0.0854. The van der Waals surface area contributed by atoms with Crippen molar-refractivity contribution in [3.8, 4) is 0 Å². The number of hydrogen-bond donors (Lipinski definition) is 6. The number of alkyl halides is 1. The van der Waals surface area contributed by atoms with Crippen molar-refractivity contribution in [1.82, 2.24) is 39.0 Å². The van der Waals surface area contributed by atoms with Gasteiger partial charge in [0.1, 0.15) is 30.9 Å². The van der Waals surface area contributed by atoms with Crippen LogP contribution in [0.15, 0.2) is 54.1 Å². The summed E-state index contributed by atoms with van der Waals surface area (Å²) in [6, 6.07) is 8.57. The zero-order valence-electron chi connectivity index (χ0n) is 28.0. The van der Waals surface area contributed by atoms with Gasteiger partial charge >= 0.3 is 8.60 Å². The van der Waals surface area contributed by atoms with Crippen molar-refractivity contribution in [2.75, 3.05) is 23.8 Å². The maximum atomic E-state index is 15.5. The number of benzene rings is 1. The van der Waals surface area contributed by atoms with E-state index in [0.29, 0.717) is 16.7 Å². The van der Waals surface area contributed by atoms with Gasteiger partial charge in [-0.3, -0.25) is 33.8 Å². The number of rotatable bonds is 12. The van der Waals surface area contributed by atoms with Crippen LogP contribution < -0.4 is 16.2 Å². The van der Waals surface area contributed by atoms with Gasteiger partial charge in [-0.2, -0.15) is 4.98 Å². The van der Waals surface area contributed by atoms with E-state index in [1.54, 1.807) is 48.7 Å². The molecule has 0 aliphatic carbocycles. The fraction of sp³-hybridized carbons (Fsp3) is 0.419. The fourth-order valence-corrected chi connectivity index (χ4v) is 6.61. The number of fused-ring (bicyclic) bond motifs is 2. The van der Waals surface area contributed by atoms with Crippen LogP contribution in [-0.2, 0) is 23.3 Å². The topological polar surface area (TPSA) is 263 Å². The molecule has 6 N–H and O–H groups in total. The number of nitrogens with zero attached hydrogens (tertiary/aromatic N) is 7. The highest BCUT2D eigenvalue weighted by atomic mass is 31.2. The first kappa shape index (κ1) is 36.5. The molecule has 2 aliphatic rings. The number of amides is 2. The Morgan fingerprint density at radius 1 is 1.06 bits per heavy atom. The number of aliphatic hydroxyl groups excluding tert-OH is 2. The van der Waals surface area contributed by atoms with Crippen LogP contribution >= 0.6 is 8.60 Å². The molecule has 5 aromatic rings. The number of aromatic amines is 1. The molecule has 1 aromatic carbocycles. The van der Waals surface area contributed by atoms with Crippen LogP contribution in [-0.4, -0.2) is 110 Å². The molecule has 280 valence electrons. The molecule has 0 radical (unpaired) electrons. The van der Waals surface area contributed by atoms with E-state index in [0.717, 1.165) is 6.33 Å². The van der Waals surface area contributed by atoms with Gasteiger partial charge < -0.3 is 38.9 Å². The smallest absolute Gasteiger partial charge is 0.330 e. The third kappa shape index (κ3) is 7.37. The predicted molar refractivity (Wildman–Crippen MR) is 182 cm³/mol. The van der Waals surface area contributed by atoms with E-state index in [1.165, 1.54) is 17.2 Å². The standard InChI is InChI=1S/C31H34FN10O10P/c1-14(2)27(45)39-31-38-26-22(29(47)40-31)36-13-42(26)30-23(20(32)17(9-43)51-30)52-53(48)49-10-18-16(44)8-19(50-18)41-12-35-21-24(33-11-34-25(21)41)37-28(46)15-6-4-3-5-7-15/h3-7,11-14,16-20,23,30,43-44,48H,8-10H2,1-2H3,(H,33,34,37,46)(H2,38,39,40,45,47)/t16-,17+,18+,19+,20+,23+,30+,53?/m0/s1. The van der Waals surface area contributed by atoms with E-state index >= 15 is 4.39 Å². The van der Waals surface area contributed by atoms with Crippen LogP contribution in [0.4, 0.5) is 16.2 Å². The average molecular weight is 757 g/mol. The van der Waals surface area contributed by atoms with Crippen LogP contribution in [0.5, 0.6) is 0 Å². The van der Waals surface area contributed by atoms with E-state index in [9.17, 15) is 29.5 Å². The molecule has 2 amide bonds. The number of ether oxygens (including phenoxy) is 2. The predicted octanol–water partition coefficient (Wildman–Crippen LogP) is 1.30. The molecule has 2 aliphatic heterocycles. The van der Waals surface area contributed by atoms with Crippen LogP contribution in [0, 0.1) is 5.92 Å². The van der Waals surface area contributed by atoms with Gasteiger partial charge in [-0.25, -0.2) is 24.3 Å². The van der Waals surface area contributed by atoms with Crippen molar-refractivity contribution in [3.05, 3.63) is 65.2 Å². The van der Waals surface area contributed by atoms with Gasteiger partial charge in [-0.1, -0.05) is 32.0 Å². The molecule has 1 unspecified atom stereocenters. The number of anilines is 2. The fourth-order valence-electron chi connectivity index (χ4n) is 5.84. The third-order valence-corrected chi connectivity index (χ3v) is 9.41. The number of imidazole rings is 2. The summed E-state index contributed by atoms with van der Waals surface area (Å²) < 4.78 is 41.1. The summed E-state index contributed by atoms with van der Waals surface area (Å²) in [6.07, 6.45) is -5.18. The summed E-state index contributed by atoms with van der Waals surface area (Å²) >= 11 is 0.